The van der Waals surface area contributed by atoms with Crippen LogP contribution in [0.2, 0.25) is 0 Å². The molecule has 0 saturated heterocycles. The maximum atomic E-state index is 11.7. The highest BCUT2D eigenvalue weighted by atomic mass is 32.1. The summed E-state index contributed by atoms with van der Waals surface area (Å²) >= 11 is 1.57. The van der Waals surface area contributed by atoms with Crippen molar-refractivity contribution in [1.29, 1.82) is 0 Å². The maximum absolute atomic E-state index is 11.7. The minimum Gasteiger partial charge on any atom is -0.481 e. The minimum absolute atomic E-state index is 0.0363. The lowest BCUT2D eigenvalue weighted by molar-refractivity contribution is -0.137. The zero-order valence-electron chi connectivity index (χ0n) is 11.2. The molecule has 0 aromatic carbocycles. The summed E-state index contributed by atoms with van der Waals surface area (Å²) in [6.45, 7) is 3.95. The molecule has 0 aliphatic heterocycles. The first kappa shape index (κ1) is 15.4. The summed E-state index contributed by atoms with van der Waals surface area (Å²) in [5, 5.41) is 13.5. The largest absolute Gasteiger partial charge is 0.481 e. The van der Waals surface area contributed by atoms with E-state index in [4.69, 9.17) is 5.11 Å². The Balaban J connectivity index is 2.55. The van der Waals surface area contributed by atoms with Crippen molar-refractivity contribution in [2.45, 2.75) is 39.2 Å². The standard InChI is InChI=1S/C14H19NO3S/c1-3-4-11(9-14(17)18)15-13(16)6-5-12-10(2)7-8-19-12/h5-8,11H,3-4,9H2,1-2H3,(H,15,16)(H,17,18)/b6-5+. The van der Waals surface area contributed by atoms with Crippen molar-refractivity contribution in [2.24, 2.45) is 0 Å². The molecule has 4 nitrogen and oxygen atoms in total. The molecule has 104 valence electrons. The Labute approximate surface area is 117 Å². The fourth-order valence-corrected chi connectivity index (χ4v) is 2.56. The van der Waals surface area contributed by atoms with Crippen LogP contribution in [-0.2, 0) is 9.59 Å². The van der Waals surface area contributed by atoms with Crippen LogP contribution in [0, 0.1) is 6.92 Å². The van der Waals surface area contributed by atoms with Crippen LogP contribution in [0.3, 0.4) is 0 Å². The van der Waals surface area contributed by atoms with Crippen LogP contribution >= 0.6 is 11.3 Å². The molecule has 19 heavy (non-hydrogen) atoms. The van der Waals surface area contributed by atoms with E-state index in [1.165, 1.54) is 6.08 Å². The van der Waals surface area contributed by atoms with Crippen molar-refractivity contribution in [3.05, 3.63) is 28.0 Å². The molecule has 1 heterocycles. The Bertz CT molecular complexity index is 465. The number of carboxylic acid groups (broad SMARTS) is 1. The molecule has 5 heteroatoms. The van der Waals surface area contributed by atoms with Gasteiger partial charge in [0, 0.05) is 17.0 Å². The smallest absolute Gasteiger partial charge is 0.305 e. The second-order valence-electron chi connectivity index (χ2n) is 4.39. The molecule has 1 aromatic rings. The molecule has 0 fully saturated rings. The summed E-state index contributed by atoms with van der Waals surface area (Å²) in [5.74, 6) is -1.13. The molecule has 1 aromatic heterocycles. The zero-order valence-corrected chi connectivity index (χ0v) is 12.0. The van der Waals surface area contributed by atoms with Crippen LogP contribution in [0.25, 0.3) is 6.08 Å². The summed E-state index contributed by atoms with van der Waals surface area (Å²) < 4.78 is 0. The van der Waals surface area contributed by atoms with E-state index in [9.17, 15) is 9.59 Å². The van der Waals surface area contributed by atoms with Gasteiger partial charge in [-0.15, -0.1) is 11.3 Å². The average Bonchev–Trinajstić information content (AvgIpc) is 2.71. The van der Waals surface area contributed by atoms with Crippen LogP contribution in [-0.4, -0.2) is 23.0 Å². The SMILES string of the molecule is CCCC(CC(=O)O)NC(=O)/C=C/c1sccc1C. The minimum atomic E-state index is -0.892. The molecule has 2 N–H and O–H groups in total. The van der Waals surface area contributed by atoms with Gasteiger partial charge >= 0.3 is 5.97 Å². The monoisotopic (exact) mass is 281 g/mol. The number of rotatable bonds is 7. The number of nitrogens with one attached hydrogen (secondary N) is 1. The summed E-state index contributed by atoms with van der Waals surface area (Å²) in [7, 11) is 0. The van der Waals surface area contributed by atoms with Gasteiger partial charge in [-0.3, -0.25) is 9.59 Å². The third kappa shape index (κ3) is 5.70. The first-order chi connectivity index (χ1) is 9.02. The second-order valence-corrected chi connectivity index (χ2v) is 5.34. The van der Waals surface area contributed by atoms with Crippen molar-refractivity contribution in [1.82, 2.24) is 5.32 Å². The summed E-state index contributed by atoms with van der Waals surface area (Å²) in [6.07, 6.45) is 4.70. The lowest BCUT2D eigenvalue weighted by atomic mass is 10.1. The van der Waals surface area contributed by atoms with Gasteiger partial charge in [-0.1, -0.05) is 13.3 Å². The Morgan fingerprint density at radius 1 is 1.53 bits per heavy atom. The Morgan fingerprint density at radius 2 is 2.26 bits per heavy atom. The molecular weight excluding hydrogens is 262 g/mol. The summed E-state index contributed by atoms with van der Waals surface area (Å²) in [4.78, 5) is 23.5. The number of amides is 1. The first-order valence-electron chi connectivity index (χ1n) is 6.27. The Hall–Kier alpha value is -1.62. The third-order valence-corrected chi connectivity index (χ3v) is 3.68. The molecule has 0 radical (unpaired) electrons. The predicted octanol–water partition coefficient (Wildman–Crippen LogP) is 2.83. The van der Waals surface area contributed by atoms with Gasteiger partial charge in [-0.25, -0.2) is 0 Å². The lowest BCUT2D eigenvalue weighted by Gasteiger charge is -2.14. The topological polar surface area (TPSA) is 66.4 Å². The van der Waals surface area contributed by atoms with Gasteiger partial charge in [-0.2, -0.15) is 0 Å². The molecule has 1 unspecified atom stereocenters. The summed E-state index contributed by atoms with van der Waals surface area (Å²) in [6, 6.07) is 1.69. The van der Waals surface area contributed by atoms with Crippen LogP contribution in [0.1, 0.15) is 36.6 Å². The lowest BCUT2D eigenvalue weighted by Crippen LogP contribution is -2.35. The van der Waals surface area contributed by atoms with E-state index in [0.717, 1.165) is 16.9 Å². The molecule has 0 bridgehead atoms. The number of carbonyl (C=O) groups excluding carboxylic acids is 1. The number of aryl methyl sites for hydroxylation is 1. The molecule has 0 spiro atoms. The van der Waals surface area contributed by atoms with Crippen LogP contribution in [0.5, 0.6) is 0 Å². The predicted molar refractivity (Wildman–Crippen MR) is 77.2 cm³/mol. The molecule has 0 aliphatic carbocycles. The van der Waals surface area contributed by atoms with Crippen molar-refractivity contribution < 1.29 is 14.7 Å². The molecule has 1 atom stereocenters. The van der Waals surface area contributed by atoms with Crippen LogP contribution in [0.4, 0.5) is 0 Å². The first-order valence-corrected chi connectivity index (χ1v) is 7.15. The van der Waals surface area contributed by atoms with Gasteiger partial charge in [0.25, 0.3) is 0 Å². The highest BCUT2D eigenvalue weighted by Gasteiger charge is 2.13. The molecular formula is C14H19NO3S. The van der Waals surface area contributed by atoms with Crippen LogP contribution < -0.4 is 5.32 Å². The highest BCUT2D eigenvalue weighted by Crippen LogP contribution is 2.16. The van der Waals surface area contributed by atoms with Gasteiger partial charge in [0.1, 0.15) is 0 Å². The summed E-state index contributed by atoms with van der Waals surface area (Å²) in [5.41, 5.74) is 1.13. The number of hydrogen-bond acceptors (Lipinski definition) is 3. The fourth-order valence-electron chi connectivity index (χ4n) is 1.74. The number of carboxylic acids is 1. The molecule has 1 amide bonds. The van der Waals surface area contributed by atoms with Gasteiger partial charge in [0.15, 0.2) is 0 Å². The van der Waals surface area contributed by atoms with E-state index in [-0.39, 0.29) is 18.4 Å². The van der Waals surface area contributed by atoms with E-state index < -0.39 is 5.97 Å². The zero-order chi connectivity index (χ0) is 14.3. The van der Waals surface area contributed by atoms with E-state index in [2.05, 4.69) is 5.32 Å². The third-order valence-electron chi connectivity index (χ3n) is 2.69. The van der Waals surface area contributed by atoms with Crippen molar-refractivity contribution in [2.75, 3.05) is 0 Å². The Morgan fingerprint density at radius 3 is 2.79 bits per heavy atom. The van der Waals surface area contributed by atoms with Crippen molar-refractivity contribution in [3.63, 3.8) is 0 Å². The van der Waals surface area contributed by atoms with Gasteiger partial charge in [0.2, 0.25) is 5.91 Å². The second kappa shape index (κ2) is 7.74. The van der Waals surface area contributed by atoms with E-state index in [0.29, 0.717) is 6.42 Å². The van der Waals surface area contributed by atoms with Crippen molar-refractivity contribution in [3.8, 4) is 0 Å². The number of thiophene rings is 1. The van der Waals surface area contributed by atoms with Crippen molar-refractivity contribution >= 4 is 29.3 Å². The number of carbonyl (C=O) groups is 2. The normalized spacial score (nSPS) is 12.5. The van der Waals surface area contributed by atoms with E-state index >= 15 is 0 Å². The maximum Gasteiger partial charge on any atom is 0.305 e. The molecule has 1 rings (SSSR count). The molecule has 0 aliphatic rings. The Kier molecular flexibility index (Phi) is 6.29. The van der Waals surface area contributed by atoms with Gasteiger partial charge in [0.05, 0.1) is 6.42 Å². The number of hydrogen-bond donors (Lipinski definition) is 2. The molecule has 0 saturated carbocycles. The van der Waals surface area contributed by atoms with Gasteiger partial charge in [-0.05, 0) is 36.4 Å². The fraction of sp³-hybridized carbons (Fsp3) is 0.429. The van der Waals surface area contributed by atoms with Gasteiger partial charge < -0.3 is 10.4 Å². The highest BCUT2D eigenvalue weighted by molar-refractivity contribution is 7.11. The van der Waals surface area contributed by atoms with E-state index in [1.807, 2.05) is 25.3 Å². The van der Waals surface area contributed by atoms with Crippen LogP contribution in [0.15, 0.2) is 17.5 Å². The van der Waals surface area contributed by atoms with E-state index in [1.54, 1.807) is 17.4 Å². The quantitative estimate of drug-likeness (QED) is 0.755. The average molecular weight is 281 g/mol. The number of aliphatic carboxylic acids is 1.